The quantitative estimate of drug-likeness (QED) is 0.636. The maximum absolute atomic E-state index is 13.7. The van der Waals surface area contributed by atoms with Crippen LogP contribution >= 0.6 is 24.2 Å². The fraction of sp³-hybridized carbons (Fsp3) is 0. The molecular weight excluding hydrogens is 273 g/mol. The van der Waals surface area contributed by atoms with Crippen molar-refractivity contribution >= 4 is 35.2 Å². The molecule has 3 aromatic rings. The number of fused-ring (bicyclic) bond motifs is 1. The van der Waals surface area contributed by atoms with Gasteiger partial charge in [0.2, 0.25) is 0 Å². The predicted molar refractivity (Wildman–Crippen MR) is 70.3 cm³/mol. The van der Waals surface area contributed by atoms with Crippen molar-refractivity contribution in [3.05, 3.63) is 47.2 Å². The van der Waals surface area contributed by atoms with Crippen molar-refractivity contribution < 1.29 is 8.91 Å². The summed E-state index contributed by atoms with van der Waals surface area (Å²) in [6.45, 7) is 0. The zero-order valence-electron chi connectivity index (χ0n) is 8.98. The normalized spacial score (nSPS) is 11.0. The summed E-state index contributed by atoms with van der Waals surface area (Å²) in [6, 6.07) is 9.79. The summed E-state index contributed by atoms with van der Waals surface area (Å²) >= 11 is 11.1. The van der Waals surface area contributed by atoms with Crippen LogP contribution in [0.25, 0.3) is 22.2 Å². The molecule has 0 aliphatic rings. The average molecular weight is 279 g/mol. The van der Waals surface area contributed by atoms with Crippen LogP contribution in [0.2, 0.25) is 5.02 Å². The van der Waals surface area contributed by atoms with Gasteiger partial charge in [-0.3, -0.25) is 0 Å². The van der Waals surface area contributed by atoms with Crippen molar-refractivity contribution in [1.29, 1.82) is 0 Å². The van der Waals surface area contributed by atoms with Crippen molar-refractivity contribution in [3.63, 3.8) is 0 Å². The average Bonchev–Trinajstić information content (AvgIpc) is 2.79. The molecule has 1 radical (unpaired) electrons. The lowest BCUT2D eigenvalue weighted by atomic mass is 10.1. The van der Waals surface area contributed by atoms with Gasteiger partial charge in [-0.2, -0.15) is 0 Å². The molecule has 89 valence electrons. The first-order chi connectivity index (χ1) is 8.68. The molecule has 0 atom stereocenters. The third-order valence-corrected chi connectivity index (χ3v) is 3.50. The fourth-order valence-corrected chi connectivity index (χ4v) is 2.16. The van der Waals surface area contributed by atoms with Crippen LogP contribution in [0.5, 0.6) is 0 Å². The minimum absolute atomic E-state index is 0.331. The molecule has 0 N–H and O–H groups in total. The summed E-state index contributed by atoms with van der Waals surface area (Å²) in [6.07, 6.45) is 0. The highest BCUT2D eigenvalue weighted by molar-refractivity contribution is 7.80. The highest BCUT2D eigenvalue weighted by atomic mass is 35.5. The maximum Gasteiger partial charge on any atom is 0.187 e. The number of nitrogens with zero attached hydrogens (tertiary/aromatic N) is 1. The second-order valence-electron chi connectivity index (χ2n) is 3.77. The molecule has 3 rings (SSSR count). The zero-order chi connectivity index (χ0) is 12.7. The standard InChI is InChI=1S/C13H6ClFNOS/c14-11-10(18)6-5-8-12(16-17-13(8)11)7-3-1-2-4-9(7)15/h1-6H. The largest absolute Gasteiger partial charge is 0.354 e. The molecule has 0 spiro atoms. The third-order valence-electron chi connectivity index (χ3n) is 2.67. The molecule has 1 aromatic heterocycles. The summed E-state index contributed by atoms with van der Waals surface area (Å²) < 4.78 is 18.9. The van der Waals surface area contributed by atoms with Crippen LogP contribution in [0.4, 0.5) is 4.39 Å². The molecule has 0 saturated carbocycles. The minimum Gasteiger partial charge on any atom is -0.354 e. The van der Waals surface area contributed by atoms with E-state index in [0.717, 1.165) is 0 Å². The van der Waals surface area contributed by atoms with Gasteiger partial charge < -0.3 is 4.52 Å². The Hall–Kier alpha value is -1.65. The number of aromatic nitrogens is 1. The van der Waals surface area contributed by atoms with Gasteiger partial charge >= 0.3 is 0 Å². The summed E-state index contributed by atoms with van der Waals surface area (Å²) in [5.41, 5.74) is 1.20. The Morgan fingerprint density at radius 1 is 1.17 bits per heavy atom. The lowest BCUT2D eigenvalue weighted by Gasteiger charge is -1.99. The Balaban J connectivity index is 2.32. The lowest BCUT2D eigenvalue weighted by Crippen LogP contribution is -1.83. The van der Waals surface area contributed by atoms with E-state index in [-0.39, 0.29) is 5.82 Å². The molecular formula is C13H6ClFNOS. The molecule has 18 heavy (non-hydrogen) atoms. The van der Waals surface area contributed by atoms with Crippen LogP contribution in [-0.4, -0.2) is 5.16 Å². The van der Waals surface area contributed by atoms with Gasteiger partial charge in [0.05, 0.1) is 10.3 Å². The topological polar surface area (TPSA) is 26.0 Å². The SMILES string of the molecule is Fc1ccccc1-c1noc2c(Cl)c([S])ccc12. The van der Waals surface area contributed by atoms with Gasteiger partial charge in [-0.05, 0) is 24.3 Å². The molecule has 0 unspecified atom stereocenters. The second-order valence-corrected chi connectivity index (χ2v) is 4.58. The molecule has 2 aromatic carbocycles. The molecule has 0 aliphatic carbocycles. The van der Waals surface area contributed by atoms with E-state index in [1.807, 2.05) is 0 Å². The minimum atomic E-state index is -0.355. The molecule has 0 amide bonds. The highest BCUT2D eigenvalue weighted by Gasteiger charge is 2.16. The summed E-state index contributed by atoms with van der Waals surface area (Å²) in [7, 11) is 0. The Morgan fingerprint density at radius 2 is 1.94 bits per heavy atom. The zero-order valence-corrected chi connectivity index (χ0v) is 10.6. The monoisotopic (exact) mass is 278 g/mol. The van der Waals surface area contributed by atoms with Crippen LogP contribution in [0, 0.1) is 5.82 Å². The molecule has 5 heteroatoms. The first-order valence-electron chi connectivity index (χ1n) is 5.18. The first-order valence-corrected chi connectivity index (χ1v) is 5.97. The van der Waals surface area contributed by atoms with Crippen LogP contribution in [0.1, 0.15) is 0 Å². The van der Waals surface area contributed by atoms with Gasteiger partial charge in [-0.15, -0.1) is 0 Å². The summed E-state index contributed by atoms with van der Waals surface area (Å²) in [5, 5.41) is 4.87. The number of rotatable bonds is 1. The van der Waals surface area contributed by atoms with Gasteiger partial charge in [-0.25, -0.2) is 4.39 Å². The summed E-state index contributed by atoms with van der Waals surface area (Å²) in [4.78, 5) is 0.486. The Morgan fingerprint density at radius 3 is 2.72 bits per heavy atom. The Bertz CT molecular complexity index is 741. The van der Waals surface area contributed by atoms with Gasteiger partial charge in [0.1, 0.15) is 16.5 Å². The van der Waals surface area contributed by atoms with Crippen LogP contribution < -0.4 is 0 Å². The van der Waals surface area contributed by atoms with E-state index in [9.17, 15) is 4.39 Å². The van der Waals surface area contributed by atoms with Crippen molar-refractivity contribution in [2.75, 3.05) is 0 Å². The maximum atomic E-state index is 13.7. The van der Waals surface area contributed by atoms with E-state index < -0.39 is 0 Å². The number of hydrogen-bond acceptors (Lipinski definition) is 2. The lowest BCUT2D eigenvalue weighted by molar-refractivity contribution is 0.458. The number of halogens is 2. The Kier molecular flexibility index (Phi) is 2.69. The van der Waals surface area contributed by atoms with Crippen LogP contribution in [0.3, 0.4) is 0 Å². The summed E-state index contributed by atoms with van der Waals surface area (Å²) in [5.74, 6) is -0.355. The van der Waals surface area contributed by atoms with Crippen molar-refractivity contribution in [3.8, 4) is 11.3 Å². The van der Waals surface area contributed by atoms with Crippen molar-refractivity contribution in [2.24, 2.45) is 0 Å². The second kappa shape index (κ2) is 4.23. The first kappa shape index (κ1) is 11.4. The number of benzene rings is 2. The van der Waals surface area contributed by atoms with E-state index in [2.05, 4.69) is 5.16 Å². The van der Waals surface area contributed by atoms with Crippen LogP contribution in [0.15, 0.2) is 45.8 Å². The molecule has 2 nitrogen and oxygen atoms in total. The highest BCUT2D eigenvalue weighted by Crippen LogP contribution is 2.35. The van der Waals surface area contributed by atoms with Gasteiger partial charge in [0.15, 0.2) is 5.58 Å². The van der Waals surface area contributed by atoms with E-state index in [1.165, 1.54) is 6.07 Å². The molecule has 1 heterocycles. The van der Waals surface area contributed by atoms with E-state index in [0.29, 0.717) is 32.1 Å². The smallest absolute Gasteiger partial charge is 0.187 e. The van der Waals surface area contributed by atoms with E-state index >= 15 is 0 Å². The van der Waals surface area contributed by atoms with Crippen molar-refractivity contribution in [1.82, 2.24) is 5.16 Å². The Labute approximate surface area is 113 Å². The van der Waals surface area contributed by atoms with Crippen LogP contribution in [-0.2, 0) is 0 Å². The number of hydrogen-bond donors (Lipinski definition) is 0. The molecule has 0 bridgehead atoms. The third kappa shape index (κ3) is 1.65. The molecule has 0 fully saturated rings. The van der Waals surface area contributed by atoms with Gasteiger partial charge in [0, 0.05) is 5.56 Å². The van der Waals surface area contributed by atoms with E-state index in [1.54, 1.807) is 30.3 Å². The van der Waals surface area contributed by atoms with Gasteiger partial charge in [0.25, 0.3) is 0 Å². The molecule has 0 saturated heterocycles. The van der Waals surface area contributed by atoms with E-state index in [4.69, 9.17) is 28.8 Å². The van der Waals surface area contributed by atoms with Gasteiger partial charge in [-0.1, -0.05) is 41.5 Å². The fourth-order valence-electron chi connectivity index (χ4n) is 1.80. The molecule has 0 aliphatic heterocycles. The van der Waals surface area contributed by atoms with Crippen molar-refractivity contribution in [2.45, 2.75) is 4.90 Å². The predicted octanol–water partition coefficient (Wildman–Crippen LogP) is 4.84.